The molecule has 0 unspecified atom stereocenters. The second-order valence-corrected chi connectivity index (χ2v) is 6.78. The first-order valence-electron chi connectivity index (χ1n) is 9.53. The van der Waals surface area contributed by atoms with Crippen LogP contribution in [0.25, 0.3) is 10.8 Å². The van der Waals surface area contributed by atoms with Crippen LogP contribution >= 0.6 is 0 Å². The minimum absolute atomic E-state index is 0.0827. The smallest absolute Gasteiger partial charge is 0.277 e. The first kappa shape index (κ1) is 19.2. The van der Waals surface area contributed by atoms with Gasteiger partial charge < -0.3 is 5.11 Å². The number of aryl methyl sites for hydroxylation is 1. The number of nitrogens with zero attached hydrogens (tertiary/aromatic N) is 1. The number of aromatic hydroxyl groups is 1. The summed E-state index contributed by atoms with van der Waals surface area (Å²) in [5, 5.41) is 22.9. The van der Waals surface area contributed by atoms with E-state index in [0.29, 0.717) is 22.8 Å². The predicted molar refractivity (Wildman–Crippen MR) is 103 cm³/mol. The zero-order chi connectivity index (χ0) is 18.1. The molecule has 2 aromatic carbocycles. The van der Waals surface area contributed by atoms with Crippen LogP contribution in [0.3, 0.4) is 0 Å². The van der Waals surface area contributed by atoms with Crippen LogP contribution in [0.1, 0.15) is 70.3 Å². The van der Waals surface area contributed by atoms with Crippen molar-refractivity contribution in [2.45, 2.75) is 71.1 Å². The molecule has 25 heavy (non-hydrogen) atoms. The highest BCUT2D eigenvalue weighted by Crippen LogP contribution is 2.36. The maximum absolute atomic E-state index is 11.3. The Morgan fingerprint density at radius 3 is 2.08 bits per heavy atom. The number of phenols is 1. The molecule has 0 saturated carbocycles. The van der Waals surface area contributed by atoms with E-state index in [-0.39, 0.29) is 16.4 Å². The van der Waals surface area contributed by atoms with E-state index >= 15 is 0 Å². The minimum atomic E-state index is -0.360. The molecule has 0 heterocycles. The summed E-state index contributed by atoms with van der Waals surface area (Å²) in [4.78, 5) is 11.0. The summed E-state index contributed by atoms with van der Waals surface area (Å²) < 4.78 is 0. The molecule has 1 N–H and O–H groups in total. The minimum Gasteiger partial charge on any atom is -0.507 e. The molecule has 0 fully saturated rings. The Kier molecular flexibility index (Phi) is 7.71. The predicted octanol–water partition coefficient (Wildman–Crippen LogP) is 6.53. The Balaban J connectivity index is 1.89. The molecule has 0 aliphatic rings. The van der Waals surface area contributed by atoms with Crippen molar-refractivity contribution in [2.24, 2.45) is 0 Å². The lowest BCUT2D eigenvalue weighted by atomic mass is 9.98. The van der Waals surface area contributed by atoms with E-state index in [1.54, 1.807) is 30.3 Å². The molecule has 0 atom stereocenters. The summed E-state index contributed by atoms with van der Waals surface area (Å²) in [5.41, 5.74) is 0.771. The molecule has 2 rings (SSSR count). The number of non-ortho nitro benzene ring substituents is 1. The molecule has 2 aromatic rings. The van der Waals surface area contributed by atoms with Gasteiger partial charge in [-0.05, 0) is 18.9 Å². The topological polar surface area (TPSA) is 63.4 Å². The highest BCUT2D eigenvalue weighted by molar-refractivity contribution is 5.96. The molecular formula is C21H29NO3. The average molecular weight is 343 g/mol. The van der Waals surface area contributed by atoms with E-state index in [4.69, 9.17) is 0 Å². The Morgan fingerprint density at radius 1 is 0.920 bits per heavy atom. The van der Waals surface area contributed by atoms with Gasteiger partial charge in [-0.2, -0.15) is 0 Å². The van der Waals surface area contributed by atoms with E-state index < -0.39 is 0 Å². The summed E-state index contributed by atoms with van der Waals surface area (Å²) in [6.07, 6.45) is 11.8. The molecule has 0 aliphatic heterocycles. The van der Waals surface area contributed by atoms with Crippen LogP contribution < -0.4 is 0 Å². The molecule has 0 saturated heterocycles. The van der Waals surface area contributed by atoms with Crippen molar-refractivity contribution in [3.05, 3.63) is 46.0 Å². The van der Waals surface area contributed by atoms with Crippen LogP contribution in [-0.2, 0) is 6.42 Å². The molecular weight excluding hydrogens is 314 g/mol. The van der Waals surface area contributed by atoms with E-state index in [2.05, 4.69) is 6.92 Å². The molecule has 0 radical (unpaired) electrons. The van der Waals surface area contributed by atoms with Gasteiger partial charge in [0.25, 0.3) is 5.69 Å². The highest BCUT2D eigenvalue weighted by Gasteiger charge is 2.17. The maximum atomic E-state index is 11.3. The number of unbranched alkanes of at least 4 members (excludes halogenated alkanes) is 8. The third kappa shape index (κ3) is 5.45. The Bertz CT molecular complexity index is 697. The van der Waals surface area contributed by atoms with Gasteiger partial charge in [-0.1, -0.05) is 76.5 Å². The Labute approximate surface area is 150 Å². The first-order chi connectivity index (χ1) is 12.1. The summed E-state index contributed by atoms with van der Waals surface area (Å²) in [6.45, 7) is 2.23. The first-order valence-corrected chi connectivity index (χ1v) is 9.53. The van der Waals surface area contributed by atoms with Gasteiger partial charge in [0, 0.05) is 17.0 Å². The van der Waals surface area contributed by atoms with E-state index in [1.165, 1.54) is 44.9 Å². The normalized spacial score (nSPS) is 11.1. The molecule has 0 aliphatic carbocycles. The Morgan fingerprint density at radius 2 is 1.48 bits per heavy atom. The fourth-order valence-electron chi connectivity index (χ4n) is 3.36. The number of nitro benzene ring substituents is 1. The zero-order valence-electron chi connectivity index (χ0n) is 15.2. The third-order valence-electron chi connectivity index (χ3n) is 4.82. The van der Waals surface area contributed by atoms with Crippen LogP contribution in [0.15, 0.2) is 30.3 Å². The van der Waals surface area contributed by atoms with Gasteiger partial charge in [-0.3, -0.25) is 10.1 Å². The second kappa shape index (κ2) is 10.0. The van der Waals surface area contributed by atoms with Crippen molar-refractivity contribution in [3.63, 3.8) is 0 Å². The van der Waals surface area contributed by atoms with E-state index in [9.17, 15) is 15.2 Å². The van der Waals surface area contributed by atoms with Gasteiger partial charge in [-0.15, -0.1) is 0 Å². The van der Waals surface area contributed by atoms with Gasteiger partial charge in [-0.25, -0.2) is 0 Å². The van der Waals surface area contributed by atoms with Gasteiger partial charge in [0.15, 0.2) is 0 Å². The van der Waals surface area contributed by atoms with Crippen LogP contribution in [0.2, 0.25) is 0 Å². The number of hydrogen-bond acceptors (Lipinski definition) is 3. The molecule has 0 amide bonds. The summed E-state index contributed by atoms with van der Waals surface area (Å²) in [6, 6.07) is 8.54. The molecule has 0 spiro atoms. The lowest BCUT2D eigenvalue weighted by molar-refractivity contribution is -0.383. The molecule has 0 bridgehead atoms. The number of benzene rings is 2. The molecule has 0 aromatic heterocycles. The highest BCUT2D eigenvalue weighted by atomic mass is 16.6. The number of rotatable bonds is 11. The van der Waals surface area contributed by atoms with E-state index in [0.717, 1.165) is 12.8 Å². The lowest BCUT2D eigenvalue weighted by Crippen LogP contribution is -1.95. The largest absolute Gasteiger partial charge is 0.507 e. The van der Waals surface area contributed by atoms with Gasteiger partial charge >= 0.3 is 0 Å². The average Bonchev–Trinajstić information content (AvgIpc) is 2.62. The SMILES string of the molecule is CCCCCCCCCCCc1cc([N+](=O)[O-])c2ccccc2c1O. The quantitative estimate of drug-likeness (QED) is 0.287. The van der Waals surface area contributed by atoms with Gasteiger partial charge in [0.1, 0.15) is 5.75 Å². The fourth-order valence-corrected chi connectivity index (χ4v) is 3.36. The van der Waals surface area contributed by atoms with E-state index in [1.807, 2.05) is 0 Å². The maximum Gasteiger partial charge on any atom is 0.277 e. The molecule has 4 heteroatoms. The van der Waals surface area contributed by atoms with Crippen molar-refractivity contribution >= 4 is 16.5 Å². The summed E-state index contributed by atoms with van der Waals surface area (Å²) in [5.74, 6) is 0.195. The van der Waals surface area contributed by atoms with Crippen LogP contribution in [0.4, 0.5) is 5.69 Å². The fraction of sp³-hybridized carbons (Fsp3) is 0.524. The van der Waals surface area contributed by atoms with Crippen LogP contribution in [-0.4, -0.2) is 10.0 Å². The second-order valence-electron chi connectivity index (χ2n) is 6.78. The van der Waals surface area contributed by atoms with Crippen LogP contribution in [0, 0.1) is 10.1 Å². The Hall–Kier alpha value is -2.10. The van der Waals surface area contributed by atoms with Crippen molar-refractivity contribution in [1.82, 2.24) is 0 Å². The van der Waals surface area contributed by atoms with Crippen molar-refractivity contribution in [3.8, 4) is 5.75 Å². The lowest BCUT2D eigenvalue weighted by Gasteiger charge is -2.09. The number of fused-ring (bicyclic) bond motifs is 1. The monoisotopic (exact) mass is 343 g/mol. The standard InChI is InChI=1S/C21H29NO3/c1-2-3-4-5-6-7-8-9-10-13-17-16-20(22(24)25)18-14-11-12-15-19(18)21(17)23/h11-12,14-16,23H,2-10,13H2,1H3. The van der Waals surface area contributed by atoms with Gasteiger partial charge in [0.2, 0.25) is 0 Å². The summed E-state index contributed by atoms with van der Waals surface area (Å²) >= 11 is 0. The van der Waals surface area contributed by atoms with Crippen molar-refractivity contribution in [2.75, 3.05) is 0 Å². The zero-order valence-corrected chi connectivity index (χ0v) is 15.2. The van der Waals surface area contributed by atoms with Crippen molar-refractivity contribution in [1.29, 1.82) is 0 Å². The van der Waals surface area contributed by atoms with Crippen LogP contribution in [0.5, 0.6) is 5.75 Å². The molecule has 136 valence electrons. The number of hydrogen-bond donors (Lipinski definition) is 1. The number of nitro groups is 1. The van der Waals surface area contributed by atoms with Gasteiger partial charge in [0.05, 0.1) is 10.3 Å². The molecule has 4 nitrogen and oxygen atoms in total. The third-order valence-corrected chi connectivity index (χ3v) is 4.82. The van der Waals surface area contributed by atoms with Crippen molar-refractivity contribution < 1.29 is 10.0 Å². The summed E-state index contributed by atoms with van der Waals surface area (Å²) in [7, 11) is 0. The number of phenolic OH excluding ortho intramolecular Hbond substituents is 1.